The molecule has 2 atom stereocenters. The van der Waals surface area contributed by atoms with Crippen molar-refractivity contribution in [1.29, 1.82) is 0 Å². The predicted molar refractivity (Wildman–Crippen MR) is 162 cm³/mol. The van der Waals surface area contributed by atoms with Gasteiger partial charge >= 0.3 is 0 Å². The highest BCUT2D eigenvalue weighted by molar-refractivity contribution is 7.68. The van der Waals surface area contributed by atoms with Crippen molar-refractivity contribution in [1.82, 2.24) is 0 Å². The number of rotatable bonds is 13. The van der Waals surface area contributed by atoms with Crippen LogP contribution in [-0.2, 0) is 9.05 Å². The van der Waals surface area contributed by atoms with Crippen LogP contribution in [0.1, 0.15) is 40.0 Å². The van der Waals surface area contributed by atoms with Gasteiger partial charge in [0.1, 0.15) is 0 Å². The molecule has 0 amide bonds. The molecule has 192 valence electrons. The monoisotopic (exact) mass is 528 g/mol. The summed E-state index contributed by atoms with van der Waals surface area (Å²) in [4.78, 5) is 0. The van der Waals surface area contributed by atoms with Crippen LogP contribution >= 0.6 is 16.3 Å². The first-order valence-electron chi connectivity index (χ1n) is 13.3. The molecule has 0 N–H and O–H groups in total. The van der Waals surface area contributed by atoms with E-state index in [0.29, 0.717) is 0 Å². The van der Waals surface area contributed by atoms with Gasteiger partial charge in [0, 0.05) is 27.1 Å². The van der Waals surface area contributed by atoms with Gasteiger partial charge in [-0.3, -0.25) is 0 Å². The number of unbranched alkanes of at least 4 members (excludes halogenated alkanes) is 1. The molecule has 0 radical (unpaired) electrons. The number of hydrogen-bond acceptors (Lipinski definition) is 2. The van der Waals surface area contributed by atoms with Crippen LogP contribution < -0.4 is 21.2 Å². The highest BCUT2D eigenvalue weighted by Crippen LogP contribution is 2.43. The molecule has 0 aliphatic heterocycles. The van der Waals surface area contributed by atoms with E-state index < -0.39 is 16.3 Å². The number of benzene rings is 4. The molecule has 0 aromatic heterocycles. The summed E-state index contributed by atoms with van der Waals surface area (Å²) in [5.74, 6) is 0.287. The van der Waals surface area contributed by atoms with Gasteiger partial charge in [-0.1, -0.05) is 141 Å². The molecule has 0 saturated carbocycles. The number of hydrogen-bond donors (Lipinski definition) is 0. The summed E-state index contributed by atoms with van der Waals surface area (Å²) >= 11 is 0. The van der Waals surface area contributed by atoms with Crippen molar-refractivity contribution in [2.45, 2.75) is 52.2 Å². The molecule has 2 nitrogen and oxygen atoms in total. The van der Waals surface area contributed by atoms with Crippen LogP contribution in [0.3, 0.4) is 0 Å². The Morgan fingerprint density at radius 1 is 0.514 bits per heavy atom. The molecule has 37 heavy (non-hydrogen) atoms. The van der Waals surface area contributed by atoms with Crippen LogP contribution in [0.15, 0.2) is 121 Å². The van der Waals surface area contributed by atoms with Gasteiger partial charge in [0.2, 0.25) is 0 Å². The minimum Gasteiger partial charge on any atom is -0.346 e. The molecule has 0 fully saturated rings. The summed E-state index contributed by atoms with van der Waals surface area (Å²) < 4.78 is 14.0. The fourth-order valence-corrected chi connectivity index (χ4v) is 8.41. The zero-order valence-electron chi connectivity index (χ0n) is 22.1. The van der Waals surface area contributed by atoms with Crippen molar-refractivity contribution in [3.05, 3.63) is 121 Å². The van der Waals surface area contributed by atoms with Crippen molar-refractivity contribution in [2.75, 3.05) is 0 Å². The first-order valence-corrected chi connectivity index (χ1v) is 15.8. The van der Waals surface area contributed by atoms with E-state index in [1.165, 1.54) is 21.2 Å². The summed E-state index contributed by atoms with van der Waals surface area (Å²) in [6.07, 6.45) is 3.51. The van der Waals surface area contributed by atoms with Crippen LogP contribution in [0.4, 0.5) is 0 Å². The van der Waals surface area contributed by atoms with Gasteiger partial charge in [-0.05, 0) is 20.3 Å². The first kappa shape index (κ1) is 27.7. The Morgan fingerprint density at radius 2 is 0.811 bits per heavy atom. The average molecular weight is 529 g/mol. The highest BCUT2D eigenvalue weighted by Gasteiger charge is 2.31. The van der Waals surface area contributed by atoms with E-state index in [-0.39, 0.29) is 18.1 Å². The minimum atomic E-state index is -0.921. The Hall–Kier alpha value is -2.34. The molecular weight excluding hydrogens is 490 g/mol. The average Bonchev–Trinajstić information content (AvgIpc) is 2.96. The van der Waals surface area contributed by atoms with Crippen LogP contribution in [0.2, 0.25) is 0 Å². The minimum absolute atomic E-state index is 0.0523. The Balaban J connectivity index is 1.59. The van der Waals surface area contributed by atoms with Crippen LogP contribution in [0, 0.1) is 5.92 Å². The summed E-state index contributed by atoms with van der Waals surface area (Å²) in [7, 11) is -1.84. The fourth-order valence-electron chi connectivity index (χ4n) is 4.57. The van der Waals surface area contributed by atoms with Crippen molar-refractivity contribution < 1.29 is 9.05 Å². The molecule has 0 saturated heterocycles. The summed E-state index contributed by atoms with van der Waals surface area (Å²) in [6.45, 7) is 6.75. The highest BCUT2D eigenvalue weighted by atomic mass is 31.1. The van der Waals surface area contributed by atoms with Crippen LogP contribution in [0.25, 0.3) is 0 Å². The lowest BCUT2D eigenvalue weighted by Gasteiger charge is -2.34. The van der Waals surface area contributed by atoms with E-state index in [1.807, 2.05) is 0 Å². The van der Waals surface area contributed by atoms with Crippen molar-refractivity contribution in [3.8, 4) is 0 Å². The lowest BCUT2D eigenvalue weighted by Crippen LogP contribution is -2.33. The van der Waals surface area contributed by atoms with Gasteiger partial charge in [-0.15, -0.1) is 0 Å². The van der Waals surface area contributed by atoms with E-state index in [9.17, 15) is 0 Å². The summed E-state index contributed by atoms with van der Waals surface area (Å²) in [5, 5.41) is 4.98. The van der Waals surface area contributed by atoms with Gasteiger partial charge < -0.3 is 9.05 Å². The van der Waals surface area contributed by atoms with E-state index >= 15 is 0 Å². The zero-order valence-corrected chi connectivity index (χ0v) is 23.9. The molecule has 0 aliphatic carbocycles. The molecular formula is C33H38O2P2. The van der Waals surface area contributed by atoms with Gasteiger partial charge in [0.25, 0.3) is 0 Å². The quantitative estimate of drug-likeness (QED) is 0.166. The maximum atomic E-state index is 6.99. The van der Waals surface area contributed by atoms with Crippen LogP contribution in [0.5, 0.6) is 0 Å². The van der Waals surface area contributed by atoms with E-state index in [4.69, 9.17) is 9.05 Å². The Bertz CT molecular complexity index is 986. The van der Waals surface area contributed by atoms with E-state index in [1.54, 1.807) is 0 Å². The van der Waals surface area contributed by atoms with Gasteiger partial charge in [0.15, 0.2) is 0 Å². The molecule has 4 aromatic rings. The second kappa shape index (κ2) is 14.6. The van der Waals surface area contributed by atoms with Gasteiger partial charge in [-0.25, -0.2) is 0 Å². The second-order valence-corrected chi connectivity index (χ2v) is 13.0. The summed E-state index contributed by atoms with van der Waals surface area (Å²) in [6, 6.07) is 42.7. The maximum absolute atomic E-state index is 6.99. The first-order chi connectivity index (χ1) is 18.2. The Labute approximate surface area is 225 Å². The Morgan fingerprint density at radius 3 is 1.08 bits per heavy atom. The zero-order chi connectivity index (χ0) is 25.9. The lowest BCUT2D eigenvalue weighted by atomic mass is 9.92. The molecule has 2 unspecified atom stereocenters. The van der Waals surface area contributed by atoms with Crippen molar-refractivity contribution in [2.24, 2.45) is 5.92 Å². The van der Waals surface area contributed by atoms with Crippen LogP contribution in [-0.4, -0.2) is 12.2 Å². The molecule has 0 spiro atoms. The fraction of sp³-hybridized carbons (Fsp3) is 0.273. The van der Waals surface area contributed by atoms with E-state index in [2.05, 4.69) is 142 Å². The third-order valence-electron chi connectivity index (χ3n) is 6.60. The van der Waals surface area contributed by atoms with Crippen molar-refractivity contribution >= 4 is 37.5 Å². The van der Waals surface area contributed by atoms with E-state index in [0.717, 1.165) is 19.3 Å². The third kappa shape index (κ3) is 7.83. The van der Waals surface area contributed by atoms with Gasteiger partial charge in [0.05, 0.1) is 28.5 Å². The molecule has 4 rings (SSSR count). The standard InChI is InChI=1S/C33H38O2P2/c1-4-5-26-33(27(2)34-36(29-18-10-6-11-19-29)30-20-12-7-13-21-30)28(3)35-37(31-22-14-8-15-23-31)32-24-16-9-17-25-32/h6-25,27-28,33H,4-5,26H2,1-3H3. The smallest absolute Gasteiger partial charge is 0.0921 e. The SMILES string of the molecule is CCCCC(C(C)OP(c1ccccc1)c1ccccc1)C(C)OP(c1ccccc1)c1ccccc1. The molecule has 0 aliphatic rings. The summed E-state index contributed by atoms with van der Waals surface area (Å²) in [5.41, 5.74) is 0. The third-order valence-corrected chi connectivity index (χ3v) is 10.8. The maximum Gasteiger partial charge on any atom is 0.0921 e. The largest absolute Gasteiger partial charge is 0.346 e. The predicted octanol–water partition coefficient (Wildman–Crippen LogP) is 7.70. The van der Waals surface area contributed by atoms with Gasteiger partial charge in [-0.2, -0.15) is 0 Å². The topological polar surface area (TPSA) is 18.5 Å². The molecule has 0 heterocycles. The normalized spacial score (nSPS) is 14.0. The second-order valence-electron chi connectivity index (χ2n) is 9.36. The molecule has 4 heteroatoms. The lowest BCUT2D eigenvalue weighted by molar-refractivity contribution is 0.0700. The van der Waals surface area contributed by atoms with Crippen molar-refractivity contribution in [3.63, 3.8) is 0 Å². The Kier molecular flexibility index (Phi) is 10.9. The molecule has 0 bridgehead atoms. The molecule has 4 aromatic carbocycles.